The van der Waals surface area contributed by atoms with Crippen LogP contribution in [-0.4, -0.2) is 22.2 Å². The van der Waals surface area contributed by atoms with Gasteiger partial charge in [-0.3, -0.25) is 9.59 Å². The van der Waals surface area contributed by atoms with Crippen LogP contribution in [0.3, 0.4) is 0 Å². The highest BCUT2D eigenvalue weighted by atomic mass is 19.1. The average molecular weight is 325 g/mol. The van der Waals surface area contributed by atoms with Crippen LogP contribution in [0.1, 0.15) is 32.3 Å². The maximum atomic E-state index is 14.3. The van der Waals surface area contributed by atoms with E-state index in [0.717, 1.165) is 12.1 Å². The summed E-state index contributed by atoms with van der Waals surface area (Å²) in [5, 5.41) is 28.6. The van der Waals surface area contributed by atoms with Crippen LogP contribution in [0.25, 0.3) is 0 Å². The van der Waals surface area contributed by atoms with E-state index in [0.29, 0.717) is 6.07 Å². The molecule has 0 amide bonds. The number of hydrogen-bond acceptors (Lipinski definition) is 3. The van der Waals surface area contributed by atoms with Crippen LogP contribution in [0.4, 0.5) is 8.78 Å². The zero-order valence-corrected chi connectivity index (χ0v) is 12.7. The zero-order valence-electron chi connectivity index (χ0n) is 12.7. The average Bonchev–Trinajstić information content (AvgIpc) is 2.46. The summed E-state index contributed by atoms with van der Waals surface area (Å²) < 4.78 is 27.4. The van der Waals surface area contributed by atoms with Gasteiger partial charge in [0, 0.05) is 11.6 Å². The van der Waals surface area contributed by atoms with Crippen molar-refractivity contribution in [3.05, 3.63) is 35.4 Å². The Labute approximate surface area is 132 Å². The van der Waals surface area contributed by atoms with Gasteiger partial charge >= 0.3 is 11.9 Å². The molecule has 7 heteroatoms. The Hall–Kier alpha value is -2.49. The van der Waals surface area contributed by atoms with Gasteiger partial charge in [0.2, 0.25) is 0 Å². The molecule has 0 saturated heterocycles. The largest absolute Gasteiger partial charge is 0.481 e. The van der Waals surface area contributed by atoms with Gasteiger partial charge in [0.1, 0.15) is 17.0 Å². The van der Waals surface area contributed by atoms with Gasteiger partial charge in [-0.05, 0) is 18.9 Å². The topological polar surface area (TPSA) is 98.4 Å². The van der Waals surface area contributed by atoms with E-state index in [4.69, 9.17) is 0 Å². The highest BCUT2D eigenvalue weighted by molar-refractivity contribution is 5.79. The van der Waals surface area contributed by atoms with Gasteiger partial charge in [-0.1, -0.05) is 19.9 Å². The van der Waals surface area contributed by atoms with E-state index >= 15 is 0 Å². The van der Waals surface area contributed by atoms with Gasteiger partial charge in [-0.15, -0.1) is 0 Å². The second kappa shape index (κ2) is 7.18. The van der Waals surface area contributed by atoms with Crippen molar-refractivity contribution in [2.24, 2.45) is 11.8 Å². The Morgan fingerprint density at radius 1 is 1.17 bits per heavy atom. The first-order valence-electron chi connectivity index (χ1n) is 7.08. The third kappa shape index (κ3) is 3.16. The molecule has 0 aliphatic carbocycles. The van der Waals surface area contributed by atoms with E-state index in [1.54, 1.807) is 6.07 Å². The molecule has 0 aromatic heterocycles. The molecular weight excluding hydrogens is 308 g/mol. The lowest BCUT2D eigenvalue weighted by Crippen LogP contribution is -2.48. The highest BCUT2D eigenvalue weighted by Gasteiger charge is 2.53. The van der Waals surface area contributed by atoms with E-state index < -0.39 is 46.4 Å². The molecule has 0 fully saturated rings. The van der Waals surface area contributed by atoms with E-state index in [9.17, 15) is 33.8 Å². The molecule has 0 aliphatic heterocycles. The van der Waals surface area contributed by atoms with Crippen molar-refractivity contribution in [2.45, 2.75) is 32.1 Å². The molecule has 5 nitrogen and oxygen atoms in total. The first-order valence-corrected chi connectivity index (χ1v) is 7.08. The Balaban J connectivity index is 3.81. The Kier molecular flexibility index (Phi) is 5.79. The predicted molar refractivity (Wildman–Crippen MR) is 76.5 cm³/mol. The first-order chi connectivity index (χ1) is 10.8. The molecule has 2 N–H and O–H groups in total. The fourth-order valence-electron chi connectivity index (χ4n) is 3.04. The van der Waals surface area contributed by atoms with Crippen molar-refractivity contribution in [3.8, 4) is 6.07 Å². The third-order valence-corrected chi connectivity index (χ3v) is 4.07. The number of rotatable bonds is 7. The summed E-state index contributed by atoms with van der Waals surface area (Å²) in [7, 11) is 0. The number of carboxylic acid groups (broad SMARTS) is 2. The monoisotopic (exact) mass is 325 g/mol. The minimum atomic E-state index is -2.14. The van der Waals surface area contributed by atoms with Crippen molar-refractivity contribution < 1.29 is 28.6 Å². The standard InChI is InChI=1S/C16H17F2NO4/c1-3-10(14(20)21)16(8-19,11(4-2)15(22)23)12-6-5-9(17)7-13(12)18/h5-7,10-11H,3-4H2,1-2H3,(H,20,21)(H,22,23). The van der Waals surface area contributed by atoms with Crippen LogP contribution in [0.5, 0.6) is 0 Å². The van der Waals surface area contributed by atoms with Gasteiger partial charge < -0.3 is 10.2 Å². The van der Waals surface area contributed by atoms with E-state index in [1.165, 1.54) is 13.8 Å². The zero-order chi connectivity index (χ0) is 17.8. The molecule has 0 heterocycles. The number of nitriles is 1. The molecule has 0 saturated carbocycles. The van der Waals surface area contributed by atoms with Gasteiger partial charge in [0.05, 0.1) is 17.9 Å². The molecule has 0 spiro atoms. The van der Waals surface area contributed by atoms with E-state index in [1.807, 2.05) is 0 Å². The predicted octanol–water partition coefficient (Wildman–Crippen LogP) is 2.95. The fraction of sp³-hybridized carbons (Fsp3) is 0.438. The Morgan fingerprint density at radius 2 is 1.65 bits per heavy atom. The maximum absolute atomic E-state index is 14.3. The van der Waals surface area contributed by atoms with Crippen molar-refractivity contribution >= 4 is 11.9 Å². The lowest BCUT2D eigenvalue weighted by molar-refractivity contribution is -0.149. The van der Waals surface area contributed by atoms with Gasteiger partial charge in [-0.25, -0.2) is 8.78 Å². The van der Waals surface area contributed by atoms with Crippen molar-refractivity contribution in [3.63, 3.8) is 0 Å². The second-order valence-corrected chi connectivity index (χ2v) is 5.20. The smallest absolute Gasteiger partial charge is 0.308 e. The first kappa shape index (κ1) is 18.6. The van der Waals surface area contributed by atoms with Crippen LogP contribution in [0, 0.1) is 34.8 Å². The number of nitrogens with zero attached hydrogens (tertiary/aromatic N) is 1. The van der Waals surface area contributed by atoms with Crippen LogP contribution in [-0.2, 0) is 15.0 Å². The molecule has 1 aromatic carbocycles. The van der Waals surface area contributed by atoms with Crippen LogP contribution >= 0.6 is 0 Å². The molecule has 1 aromatic rings. The summed E-state index contributed by atoms with van der Waals surface area (Å²) in [6.45, 7) is 2.95. The van der Waals surface area contributed by atoms with Crippen LogP contribution in [0.2, 0.25) is 0 Å². The number of carboxylic acids is 2. The second-order valence-electron chi connectivity index (χ2n) is 5.20. The number of aliphatic carboxylic acids is 2. The van der Waals surface area contributed by atoms with Gasteiger partial charge in [-0.2, -0.15) is 5.26 Å². The molecule has 0 aliphatic rings. The van der Waals surface area contributed by atoms with Crippen molar-refractivity contribution in [1.29, 1.82) is 5.26 Å². The summed E-state index contributed by atoms with van der Waals surface area (Å²) in [6.07, 6.45) is -0.160. The van der Waals surface area contributed by atoms with Gasteiger partial charge in [0.15, 0.2) is 0 Å². The molecule has 2 atom stereocenters. The van der Waals surface area contributed by atoms with Crippen LogP contribution < -0.4 is 0 Å². The quantitative estimate of drug-likeness (QED) is 0.803. The molecule has 1 rings (SSSR count). The van der Waals surface area contributed by atoms with E-state index in [2.05, 4.69) is 0 Å². The minimum absolute atomic E-state index is 0.0799. The van der Waals surface area contributed by atoms with Crippen molar-refractivity contribution in [2.75, 3.05) is 0 Å². The fourth-order valence-corrected chi connectivity index (χ4v) is 3.04. The number of benzene rings is 1. The number of halogens is 2. The van der Waals surface area contributed by atoms with Crippen LogP contribution in [0.15, 0.2) is 18.2 Å². The third-order valence-electron chi connectivity index (χ3n) is 4.07. The summed E-state index contributed by atoms with van der Waals surface area (Å²) in [5.74, 6) is -7.74. The highest BCUT2D eigenvalue weighted by Crippen LogP contribution is 2.44. The summed E-state index contributed by atoms with van der Waals surface area (Å²) >= 11 is 0. The minimum Gasteiger partial charge on any atom is -0.481 e. The summed E-state index contributed by atoms with van der Waals surface area (Å²) in [4.78, 5) is 23.2. The van der Waals surface area contributed by atoms with Crippen molar-refractivity contribution in [1.82, 2.24) is 0 Å². The van der Waals surface area contributed by atoms with Gasteiger partial charge in [0.25, 0.3) is 0 Å². The SMILES string of the molecule is CCC(C(=O)O)C(C#N)(c1ccc(F)cc1F)C(CC)C(=O)O. The normalized spacial score (nSPS) is 16.0. The molecule has 23 heavy (non-hydrogen) atoms. The molecular formula is C16H17F2NO4. The molecule has 0 radical (unpaired) electrons. The Bertz CT molecular complexity index is 632. The van der Waals surface area contributed by atoms with E-state index in [-0.39, 0.29) is 12.8 Å². The molecule has 124 valence electrons. The lowest BCUT2D eigenvalue weighted by atomic mass is 9.61. The summed E-state index contributed by atoms with van der Waals surface area (Å²) in [5.41, 5.74) is -2.55. The number of hydrogen-bond donors (Lipinski definition) is 2. The molecule has 2 unspecified atom stereocenters. The summed E-state index contributed by atoms with van der Waals surface area (Å²) in [6, 6.07) is 4.08. The number of carbonyl (C=O) groups is 2. The lowest BCUT2D eigenvalue weighted by Gasteiger charge is -2.37. The molecule has 0 bridgehead atoms. The Morgan fingerprint density at radius 3 is 1.96 bits per heavy atom. The maximum Gasteiger partial charge on any atom is 0.308 e.